The van der Waals surface area contributed by atoms with E-state index in [9.17, 15) is 4.79 Å². The second-order valence-corrected chi connectivity index (χ2v) is 6.45. The number of benzene rings is 2. The molecule has 0 spiro atoms. The highest BCUT2D eigenvalue weighted by Crippen LogP contribution is 2.28. The monoisotopic (exact) mass is 377 g/mol. The molecular weight excluding hydrogens is 362 g/mol. The lowest BCUT2D eigenvalue weighted by Gasteiger charge is -2.10. The highest BCUT2D eigenvalue weighted by Gasteiger charge is 2.15. The molecule has 134 valence electrons. The number of carbonyl (C=O) groups is 1. The van der Waals surface area contributed by atoms with Gasteiger partial charge in [0.25, 0.3) is 0 Å². The third kappa shape index (κ3) is 3.55. The summed E-state index contributed by atoms with van der Waals surface area (Å²) in [5.41, 5.74) is 4.25. The average Bonchev–Trinajstić information content (AvgIpc) is 3.06. The quantitative estimate of drug-likeness (QED) is 0.378. The van der Waals surface area contributed by atoms with Gasteiger partial charge in [-0.1, -0.05) is 54.1 Å². The first-order valence-corrected chi connectivity index (χ1v) is 8.83. The molecule has 0 N–H and O–H groups in total. The van der Waals surface area contributed by atoms with Crippen LogP contribution >= 0.6 is 11.6 Å². The first-order chi connectivity index (χ1) is 13.1. The number of hydrogen-bond donors (Lipinski definition) is 0. The number of nitrogens with zero attached hydrogens (tertiary/aromatic N) is 3. The van der Waals surface area contributed by atoms with Gasteiger partial charge in [-0.3, -0.25) is 9.36 Å². The number of halogens is 1. The third-order valence-electron chi connectivity index (χ3n) is 4.14. The number of ether oxygens (including phenoxy) is 1. The number of fused-ring (bicyclic) bond motifs is 1. The Morgan fingerprint density at radius 1 is 1.00 bits per heavy atom. The van der Waals surface area contributed by atoms with E-state index < -0.39 is 0 Å². The minimum atomic E-state index is -0.301. The maximum absolute atomic E-state index is 11.0. The summed E-state index contributed by atoms with van der Waals surface area (Å²) in [7, 11) is 0. The van der Waals surface area contributed by atoms with Gasteiger partial charge in [-0.25, -0.2) is 9.97 Å². The first-order valence-electron chi connectivity index (χ1n) is 8.45. The molecule has 0 aliphatic heterocycles. The third-order valence-corrected chi connectivity index (χ3v) is 4.35. The van der Waals surface area contributed by atoms with Crippen LogP contribution in [0, 0.1) is 0 Å². The Kier molecular flexibility index (Phi) is 4.60. The van der Waals surface area contributed by atoms with Crippen LogP contribution in [0.4, 0.5) is 0 Å². The lowest BCUT2D eigenvalue weighted by atomic mass is 10.2. The summed E-state index contributed by atoms with van der Waals surface area (Å²) in [5, 5.41) is 0.412. The highest BCUT2D eigenvalue weighted by atomic mass is 35.5. The van der Waals surface area contributed by atoms with Crippen LogP contribution in [0.15, 0.2) is 66.7 Å². The molecule has 27 heavy (non-hydrogen) atoms. The predicted molar refractivity (Wildman–Crippen MR) is 105 cm³/mol. The number of esters is 1. The smallest absolute Gasteiger partial charge is 0.302 e. The van der Waals surface area contributed by atoms with Gasteiger partial charge in [0, 0.05) is 18.2 Å². The molecule has 2 aromatic carbocycles. The highest BCUT2D eigenvalue weighted by molar-refractivity contribution is 6.29. The van der Waals surface area contributed by atoms with E-state index in [1.807, 2.05) is 65.2 Å². The average molecular weight is 378 g/mol. The van der Waals surface area contributed by atoms with Gasteiger partial charge in [-0.15, -0.1) is 0 Å². The zero-order chi connectivity index (χ0) is 18.8. The van der Waals surface area contributed by atoms with Crippen molar-refractivity contribution in [2.24, 2.45) is 0 Å². The molecule has 0 unspecified atom stereocenters. The Hall–Kier alpha value is -3.18. The zero-order valence-corrected chi connectivity index (χ0v) is 15.3. The lowest BCUT2D eigenvalue weighted by molar-refractivity contribution is -0.142. The van der Waals surface area contributed by atoms with E-state index in [0.29, 0.717) is 10.8 Å². The number of hydrogen-bond acceptors (Lipinski definition) is 4. The zero-order valence-electron chi connectivity index (χ0n) is 14.6. The molecule has 0 fully saturated rings. The summed E-state index contributed by atoms with van der Waals surface area (Å²) >= 11 is 6.13. The summed E-state index contributed by atoms with van der Waals surface area (Å²) in [6.07, 6.45) is 0. The van der Waals surface area contributed by atoms with Crippen LogP contribution in [0.25, 0.3) is 28.2 Å². The predicted octanol–water partition coefficient (Wildman–Crippen LogP) is 4.80. The molecule has 6 heteroatoms. The molecule has 4 aromatic rings. The summed E-state index contributed by atoms with van der Waals surface area (Å²) < 4.78 is 7.03. The van der Waals surface area contributed by atoms with Crippen molar-refractivity contribution >= 4 is 28.7 Å². The maximum Gasteiger partial charge on any atom is 0.302 e. The van der Waals surface area contributed by atoms with Crippen LogP contribution in [0.3, 0.4) is 0 Å². The normalized spacial score (nSPS) is 10.9. The van der Waals surface area contributed by atoms with Crippen molar-refractivity contribution < 1.29 is 9.53 Å². The van der Waals surface area contributed by atoms with Crippen LogP contribution in [0.5, 0.6) is 0 Å². The van der Waals surface area contributed by atoms with Gasteiger partial charge >= 0.3 is 5.97 Å². The van der Waals surface area contributed by atoms with E-state index in [4.69, 9.17) is 21.3 Å². The summed E-state index contributed by atoms with van der Waals surface area (Å²) in [5.74, 6) is 0.484. The molecule has 0 aliphatic carbocycles. The fraction of sp³-hybridized carbons (Fsp3) is 0.0952. The summed E-state index contributed by atoms with van der Waals surface area (Å²) in [6, 6.07) is 21.3. The van der Waals surface area contributed by atoms with Gasteiger partial charge in [0.2, 0.25) is 0 Å². The SMILES string of the molecule is CC(=O)OCc1ccc(-n2c(-c3ccccc3)nc3ccc(Cl)nc32)cc1. The molecule has 0 amide bonds. The van der Waals surface area contributed by atoms with Crippen molar-refractivity contribution in [3.05, 3.63) is 77.4 Å². The van der Waals surface area contributed by atoms with Crippen molar-refractivity contribution in [3.8, 4) is 17.1 Å². The number of pyridine rings is 1. The summed E-state index contributed by atoms with van der Waals surface area (Å²) in [4.78, 5) is 20.2. The minimum Gasteiger partial charge on any atom is -0.461 e. The molecule has 4 rings (SSSR count). The Labute approximate surface area is 161 Å². The largest absolute Gasteiger partial charge is 0.461 e. The molecule has 0 aliphatic rings. The van der Waals surface area contributed by atoms with Crippen molar-refractivity contribution in [2.45, 2.75) is 13.5 Å². The number of imidazole rings is 1. The second-order valence-electron chi connectivity index (χ2n) is 6.06. The van der Waals surface area contributed by atoms with Gasteiger partial charge in [-0.2, -0.15) is 0 Å². The molecular formula is C21H16ClN3O2. The molecule has 0 atom stereocenters. The van der Waals surface area contributed by atoms with Crippen molar-refractivity contribution in [1.82, 2.24) is 14.5 Å². The first kappa shape index (κ1) is 17.2. The van der Waals surface area contributed by atoms with Crippen molar-refractivity contribution in [3.63, 3.8) is 0 Å². The van der Waals surface area contributed by atoms with Gasteiger partial charge in [0.1, 0.15) is 23.1 Å². The Morgan fingerprint density at radius 2 is 1.74 bits per heavy atom. The number of carbonyl (C=O) groups excluding carboxylic acids is 1. The van der Waals surface area contributed by atoms with E-state index in [0.717, 1.165) is 28.2 Å². The van der Waals surface area contributed by atoms with E-state index in [-0.39, 0.29) is 12.6 Å². The maximum atomic E-state index is 11.0. The molecule has 0 bridgehead atoms. The van der Waals surface area contributed by atoms with Gasteiger partial charge in [0.05, 0.1) is 0 Å². The Balaban J connectivity index is 1.84. The van der Waals surface area contributed by atoms with Crippen LogP contribution < -0.4 is 0 Å². The molecule has 0 radical (unpaired) electrons. The van der Waals surface area contributed by atoms with Gasteiger partial charge < -0.3 is 4.74 Å². The van der Waals surface area contributed by atoms with Crippen LogP contribution in [0.1, 0.15) is 12.5 Å². The van der Waals surface area contributed by atoms with Gasteiger partial charge in [-0.05, 0) is 29.8 Å². The molecule has 2 heterocycles. The minimum absolute atomic E-state index is 0.246. The summed E-state index contributed by atoms with van der Waals surface area (Å²) in [6.45, 7) is 1.64. The fourth-order valence-corrected chi connectivity index (χ4v) is 3.03. The number of rotatable bonds is 4. The molecule has 5 nitrogen and oxygen atoms in total. The van der Waals surface area contributed by atoms with Crippen molar-refractivity contribution in [2.75, 3.05) is 0 Å². The molecule has 2 aromatic heterocycles. The Morgan fingerprint density at radius 3 is 2.44 bits per heavy atom. The van der Waals surface area contributed by atoms with Crippen LogP contribution in [-0.4, -0.2) is 20.5 Å². The lowest BCUT2D eigenvalue weighted by Crippen LogP contribution is -2.01. The fourth-order valence-electron chi connectivity index (χ4n) is 2.89. The van der Waals surface area contributed by atoms with Gasteiger partial charge in [0.15, 0.2) is 5.65 Å². The Bertz CT molecular complexity index is 1110. The number of aromatic nitrogens is 3. The van der Waals surface area contributed by atoms with E-state index in [2.05, 4.69) is 4.98 Å². The topological polar surface area (TPSA) is 57.0 Å². The van der Waals surface area contributed by atoms with Crippen molar-refractivity contribution in [1.29, 1.82) is 0 Å². The molecule has 0 saturated carbocycles. The molecule has 0 saturated heterocycles. The second kappa shape index (κ2) is 7.21. The van der Waals surface area contributed by atoms with E-state index in [1.165, 1.54) is 6.92 Å². The van der Waals surface area contributed by atoms with Crippen LogP contribution in [0.2, 0.25) is 5.15 Å². The van der Waals surface area contributed by atoms with Crippen LogP contribution in [-0.2, 0) is 16.1 Å². The standard InChI is InChI=1S/C21H16ClN3O2/c1-14(26)27-13-15-7-9-17(10-8-15)25-20(16-5-3-2-4-6-16)23-18-11-12-19(22)24-21(18)25/h2-12H,13H2,1H3. The van der Waals surface area contributed by atoms with E-state index >= 15 is 0 Å². The van der Waals surface area contributed by atoms with E-state index in [1.54, 1.807) is 6.07 Å².